The molecule has 0 spiro atoms. The molecule has 3 aromatic rings. The number of carbonyl (C=O) groups is 1. The Morgan fingerprint density at radius 1 is 0.879 bits per heavy atom. The molecule has 2 N–H and O–H groups in total. The number of carbonyl (C=O) groups excluding carboxylic acids is 1. The molecule has 11 heteroatoms. The second-order valence-corrected chi connectivity index (χ2v) is 8.93. The van der Waals surface area contributed by atoms with Gasteiger partial charge < -0.3 is 24.3 Å². The molecule has 2 aliphatic rings. The van der Waals surface area contributed by atoms with E-state index >= 15 is 0 Å². The molecule has 0 radical (unpaired) electrons. The second kappa shape index (κ2) is 8.51. The molecule has 170 valence electrons. The number of ether oxygens (including phenoxy) is 4. The Labute approximate surface area is 189 Å². The van der Waals surface area contributed by atoms with Crippen LogP contribution in [-0.4, -0.2) is 39.3 Å². The fraction of sp³-hybridized carbons (Fsp3) is 0.182. The Bertz CT molecular complexity index is 1330. The van der Waals surface area contributed by atoms with Gasteiger partial charge in [0.2, 0.25) is 6.79 Å². The van der Waals surface area contributed by atoms with E-state index in [2.05, 4.69) is 15.0 Å². The van der Waals surface area contributed by atoms with Crippen LogP contribution in [-0.2, 0) is 16.6 Å². The summed E-state index contributed by atoms with van der Waals surface area (Å²) in [6.07, 6.45) is 2.68. The average Bonchev–Trinajstić information content (AvgIpc) is 3.30. The van der Waals surface area contributed by atoms with Crippen LogP contribution in [0.15, 0.2) is 59.8 Å². The number of anilines is 1. The van der Waals surface area contributed by atoms with Crippen LogP contribution < -0.4 is 29.0 Å². The van der Waals surface area contributed by atoms with Crippen LogP contribution in [0.5, 0.6) is 23.0 Å². The van der Waals surface area contributed by atoms with E-state index in [4.69, 9.17) is 18.9 Å². The third-order valence-corrected chi connectivity index (χ3v) is 6.35. The summed E-state index contributed by atoms with van der Waals surface area (Å²) >= 11 is 0. The number of sulfonamides is 1. The molecule has 0 fully saturated rings. The number of amides is 1. The number of nitrogens with zero attached hydrogens (tertiary/aromatic N) is 1. The Kier molecular flexibility index (Phi) is 5.38. The third-order valence-electron chi connectivity index (χ3n) is 4.97. The highest BCUT2D eigenvalue weighted by atomic mass is 32.2. The highest BCUT2D eigenvalue weighted by Crippen LogP contribution is 2.33. The van der Waals surface area contributed by atoms with Gasteiger partial charge in [0.15, 0.2) is 23.0 Å². The number of benzene rings is 2. The maximum Gasteiger partial charge on any atom is 0.262 e. The van der Waals surface area contributed by atoms with Gasteiger partial charge in [-0.3, -0.25) is 14.5 Å². The molecule has 1 amide bonds. The van der Waals surface area contributed by atoms with Crippen LogP contribution in [0.1, 0.15) is 15.9 Å². The topological polar surface area (TPSA) is 125 Å². The molecule has 0 saturated carbocycles. The van der Waals surface area contributed by atoms with Gasteiger partial charge in [0.05, 0.1) is 22.3 Å². The molecule has 0 atom stereocenters. The van der Waals surface area contributed by atoms with Crippen molar-refractivity contribution in [3.05, 3.63) is 66.0 Å². The van der Waals surface area contributed by atoms with E-state index in [9.17, 15) is 13.2 Å². The Morgan fingerprint density at radius 3 is 2.48 bits per heavy atom. The van der Waals surface area contributed by atoms with Crippen molar-refractivity contribution in [1.82, 2.24) is 10.3 Å². The van der Waals surface area contributed by atoms with Gasteiger partial charge in [0.1, 0.15) is 13.2 Å². The van der Waals surface area contributed by atoms with E-state index < -0.39 is 15.9 Å². The van der Waals surface area contributed by atoms with Gasteiger partial charge in [-0.1, -0.05) is 6.07 Å². The van der Waals surface area contributed by atoms with Crippen LogP contribution in [0.2, 0.25) is 0 Å². The van der Waals surface area contributed by atoms with Gasteiger partial charge in [0.25, 0.3) is 15.9 Å². The normalized spacial score (nSPS) is 13.9. The van der Waals surface area contributed by atoms with Gasteiger partial charge in [0, 0.05) is 18.8 Å². The molecule has 0 unspecified atom stereocenters. The fourth-order valence-electron chi connectivity index (χ4n) is 3.36. The van der Waals surface area contributed by atoms with E-state index in [0.29, 0.717) is 36.2 Å². The maximum atomic E-state index is 12.8. The van der Waals surface area contributed by atoms with Crippen molar-refractivity contribution in [3.8, 4) is 23.0 Å². The summed E-state index contributed by atoms with van der Waals surface area (Å²) in [7, 11) is -3.93. The summed E-state index contributed by atoms with van der Waals surface area (Å²) < 4.78 is 49.5. The van der Waals surface area contributed by atoms with Gasteiger partial charge in [-0.25, -0.2) is 8.42 Å². The standard InChI is InChI=1S/C22H19N3O7S/c26-22(24-10-14-1-3-19-20(7-14)32-13-31-19)15-8-16(12-23-11-15)25-33(27,28)17-2-4-18-21(9-17)30-6-5-29-18/h1-4,7-9,11-12,25H,5-6,10,13H2,(H,24,26). The highest BCUT2D eigenvalue weighted by Gasteiger charge is 2.20. The van der Waals surface area contributed by atoms with E-state index in [1.165, 1.54) is 30.6 Å². The summed E-state index contributed by atoms with van der Waals surface area (Å²) in [4.78, 5) is 16.6. The molecule has 5 rings (SSSR count). The molecule has 0 aliphatic carbocycles. The Balaban J connectivity index is 1.27. The monoisotopic (exact) mass is 469 g/mol. The first-order valence-electron chi connectivity index (χ1n) is 10.0. The zero-order valence-corrected chi connectivity index (χ0v) is 18.1. The van der Waals surface area contributed by atoms with Gasteiger partial charge in [-0.15, -0.1) is 0 Å². The molecule has 3 heterocycles. The van der Waals surface area contributed by atoms with E-state index in [0.717, 1.165) is 5.56 Å². The number of nitrogens with one attached hydrogen (secondary N) is 2. The largest absolute Gasteiger partial charge is 0.486 e. The quantitative estimate of drug-likeness (QED) is 0.564. The van der Waals surface area contributed by atoms with Crippen molar-refractivity contribution in [1.29, 1.82) is 0 Å². The summed E-state index contributed by atoms with van der Waals surface area (Å²) in [5.74, 6) is 1.73. The smallest absolute Gasteiger partial charge is 0.262 e. The minimum Gasteiger partial charge on any atom is -0.486 e. The number of pyridine rings is 1. The summed E-state index contributed by atoms with van der Waals surface area (Å²) in [6.45, 7) is 1.18. The number of hydrogen-bond acceptors (Lipinski definition) is 8. The predicted octanol–water partition coefficient (Wildman–Crippen LogP) is 2.31. The van der Waals surface area contributed by atoms with Crippen LogP contribution in [0.4, 0.5) is 5.69 Å². The SMILES string of the molecule is O=C(NCc1ccc2c(c1)OCO2)c1cncc(NS(=O)(=O)c2ccc3c(c2)OCCO3)c1. The van der Waals surface area contributed by atoms with Gasteiger partial charge in [-0.05, 0) is 35.9 Å². The summed E-state index contributed by atoms with van der Waals surface area (Å²) in [5.41, 5.74) is 1.19. The first-order chi connectivity index (χ1) is 16.0. The van der Waals surface area contributed by atoms with Crippen LogP contribution >= 0.6 is 0 Å². The fourth-order valence-corrected chi connectivity index (χ4v) is 4.41. The number of fused-ring (bicyclic) bond motifs is 2. The molecule has 1 aromatic heterocycles. The summed E-state index contributed by atoms with van der Waals surface area (Å²) in [5, 5.41) is 2.78. The zero-order valence-electron chi connectivity index (χ0n) is 17.2. The Morgan fingerprint density at radius 2 is 1.61 bits per heavy atom. The highest BCUT2D eigenvalue weighted by molar-refractivity contribution is 7.92. The molecule has 2 aliphatic heterocycles. The van der Waals surface area contributed by atoms with E-state index in [1.54, 1.807) is 18.2 Å². The van der Waals surface area contributed by atoms with Crippen LogP contribution in [0.3, 0.4) is 0 Å². The molecular formula is C22H19N3O7S. The lowest BCUT2D eigenvalue weighted by molar-refractivity contribution is 0.0950. The average molecular weight is 469 g/mol. The van der Waals surface area contributed by atoms with Crippen molar-refractivity contribution in [2.24, 2.45) is 0 Å². The molecule has 0 saturated heterocycles. The number of aromatic nitrogens is 1. The summed E-state index contributed by atoms with van der Waals surface area (Å²) in [6, 6.07) is 11.2. The number of rotatable bonds is 6. The first-order valence-corrected chi connectivity index (χ1v) is 11.5. The van der Waals surface area contributed by atoms with E-state index in [1.807, 2.05) is 6.07 Å². The van der Waals surface area contributed by atoms with Crippen LogP contribution in [0.25, 0.3) is 0 Å². The van der Waals surface area contributed by atoms with Crippen molar-refractivity contribution < 1.29 is 32.2 Å². The van der Waals surface area contributed by atoms with Crippen molar-refractivity contribution in [2.75, 3.05) is 24.7 Å². The lowest BCUT2D eigenvalue weighted by atomic mass is 10.2. The molecular weight excluding hydrogens is 450 g/mol. The lowest BCUT2D eigenvalue weighted by Crippen LogP contribution is -2.23. The predicted molar refractivity (Wildman–Crippen MR) is 116 cm³/mol. The molecule has 33 heavy (non-hydrogen) atoms. The minimum atomic E-state index is -3.93. The molecule has 2 aromatic carbocycles. The third kappa shape index (κ3) is 4.48. The van der Waals surface area contributed by atoms with Crippen molar-refractivity contribution in [3.63, 3.8) is 0 Å². The second-order valence-electron chi connectivity index (χ2n) is 7.24. The first kappa shape index (κ1) is 20.9. The van der Waals surface area contributed by atoms with Crippen molar-refractivity contribution >= 4 is 21.6 Å². The molecule has 10 nitrogen and oxygen atoms in total. The van der Waals surface area contributed by atoms with Gasteiger partial charge >= 0.3 is 0 Å². The van der Waals surface area contributed by atoms with Gasteiger partial charge in [-0.2, -0.15) is 0 Å². The minimum absolute atomic E-state index is 0.00409. The van der Waals surface area contributed by atoms with Crippen LogP contribution in [0, 0.1) is 0 Å². The zero-order chi connectivity index (χ0) is 22.8. The molecule has 0 bridgehead atoms. The number of hydrogen-bond donors (Lipinski definition) is 2. The maximum absolute atomic E-state index is 12.8. The lowest BCUT2D eigenvalue weighted by Gasteiger charge is -2.19. The Hall–Kier alpha value is -3.99. The van der Waals surface area contributed by atoms with Crippen molar-refractivity contribution in [2.45, 2.75) is 11.4 Å². The van der Waals surface area contributed by atoms with E-state index in [-0.39, 0.29) is 29.5 Å².